The number of aryl methyl sites for hydroxylation is 6. The van der Waals surface area contributed by atoms with Crippen LogP contribution in [0.25, 0.3) is 0 Å². The van der Waals surface area contributed by atoms with Crippen LogP contribution in [0.1, 0.15) is 153 Å². The van der Waals surface area contributed by atoms with Gasteiger partial charge >= 0.3 is 0 Å². The van der Waals surface area contributed by atoms with E-state index < -0.39 is 11.6 Å². The number of hydrogen-bond donors (Lipinski definition) is 0. The topological polar surface area (TPSA) is 73.8 Å². The van der Waals surface area contributed by atoms with E-state index in [-0.39, 0.29) is 43.7 Å². The van der Waals surface area contributed by atoms with E-state index >= 15 is 0 Å². The number of ether oxygens (including phenoxy) is 8. The molecule has 474 valence electrons. The van der Waals surface area contributed by atoms with E-state index in [4.69, 9.17) is 37.9 Å². The highest BCUT2D eigenvalue weighted by Gasteiger charge is 2.23. The normalized spacial score (nSPS) is 15.6. The first kappa shape index (κ1) is 69.8. The highest BCUT2D eigenvalue weighted by molar-refractivity contribution is 5.57. The van der Waals surface area contributed by atoms with Gasteiger partial charge in [-0.05, 0) is 209 Å². The summed E-state index contributed by atoms with van der Waals surface area (Å²) in [5.41, 5.74) is 13.4. The van der Waals surface area contributed by atoms with Crippen LogP contribution in [0.5, 0.6) is 0 Å². The van der Waals surface area contributed by atoms with Crippen LogP contribution in [0.2, 0.25) is 0 Å². The van der Waals surface area contributed by atoms with Gasteiger partial charge in [-0.3, -0.25) is 0 Å². The van der Waals surface area contributed by atoms with Crippen molar-refractivity contribution in [3.63, 3.8) is 0 Å². The Morgan fingerprint density at radius 2 is 0.703 bits per heavy atom. The summed E-state index contributed by atoms with van der Waals surface area (Å²) in [7, 11) is 0. The van der Waals surface area contributed by atoms with Crippen molar-refractivity contribution in [1.29, 1.82) is 0 Å². The number of halogens is 3. The molecule has 0 radical (unpaired) electrons. The minimum Gasteiger partial charge on any atom is -0.476 e. The third-order valence-electron chi connectivity index (χ3n) is 16.4. The molecule has 0 spiro atoms. The van der Waals surface area contributed by atoms with Crippen molar-refractivity contribution in [3.8, 4) is 47.4 Å². The molecule has 0 aromatic heterocycles. The smallest absolute Gasteiger partial charge is 0.188 e. The monoisotopic (exact) mass is 1230 g/mol. The molecule has 2 fully saturated rings. The average Bonchev–Trinajstić information content (AvgIpc) is 1.38. The molecule has 8 nitrogen and oxygen atoms in total. The van der Waals surface area contributed by atoms with E-state index in [1.54, 1.807) is 12.1 Å². The summed E-state index contributed by atoms with van der Waals surface area (Å²) in [6.45, 7) is 23.8. The lowest BCUT2D eigenvalue weighted by Crippen LogP contribution is -2.19. The molecule has 0 heterocycles. The Balaban J connectivity index is 0.000000259. The molecule has 6 aromatic rings. The van der Waals surface area contributed by atoms with Gasteiger partial charge in [0.15, 0.2) is 27.2 Å². The molecule has 2 saturated carbocycles. The summed E-state index contributed by atoms with van der Waals surface area (Å²) in [6, 6.07) is 32.6. The Labute approximate surface area is 538 Å². The van der Waals surface area contributed by atoms with Crippen molar-refractivity contribution in [2.75, 3.05) is 40.4 Å². The van der Waals surface area contributed by atoms with Crippen LogP contribution >= 0.6 is 0 Å². The lowest BCUT2D eigenvalue weighted by Gasteiger charge is -2.28. The third-order valence-corrected chi connectivity index (χ3v) is 16.4. The van der Waals surface area contributed by atoms with Crippen LogP contribution in [-0.4, -0.2) is 40.4 Å². The van der Waals surface area contributed by atoms with E-state index in [9.17, 15) is 13.2 Å². The lowest BCUT2D eigenvalue weighted by molar-refractivity contribution is -0.0323. The molecular weight excluding hydrogens is 1150 g/mol. The van der Waals surface area contributed by atoms with Crippen molar-refractivity contribution in [2.45, 2.75) is 118 Å². The Morgan fingerprint density at radius 1 is 0.374 bits per heavy atom. The first-order chi connectivity index (χ1) is 44.3. The third kappa shape index (κ3) is 23.9. The van der Waals surface area contributed by atoms with Crippen molar-refractivity contribution in [3.05, 3.63) is 261 Å². The summed E-state index contributed by atoms with van der Waals surface area (Å²) < 4.78 is 84.8. The fourth-order valence-electron chi connectivity index (χ4n) is 11.3. The predicted molar refractivity (Wildman–Crippen MR) is 355 cm³/mol. The molecule has 0 amide bonds. The second-order valence-corrected chi connectivity index (χ2v) is 23.2. The Morgan fingerprint density at radius 3 is 1.11 bits per heavy atom. The fraction of sp³-hybridized carbons (Fsp3) is 0.350. The zero-order valence-corrected chi connectivity index (χ0v) is 53.3. The van der Waals surface area contributed by atoms with Gasteiger partial charge in [0.25, 0.3) is 0 Å². The van der Waals surface area contributed by atoms with Crippen LogP contribution < -0.4 is 0 Å². The second-order valence-electron chi connectivity index (χ2n) is 23.2. The molecule has 0 saturated heterocycles. The number of hydrogen-bond acceptors (Lipinski definition) is 8. The van der Waals surface area contributed by atoms with Crippen molar-refractivity contribution in [2.24, 2.45) is 23.7 Å². The zero-order chi connectivity index (χ0) is 64.6. The molecule has 0 aliphatic heterocycles. The SMILES string of the molecule is C=COCOCc1c(F)cc(C#Cc2c(C)cc(C#Cc3ccc(CCC4CCC(COCOC=C)CC4)cc3)cc2C)cc1F.C=COCOCc1ccc(C#Cc2c(C)cc(C#Cc3ccc(CCC4CCC(COCOC=C)CC4)cc3)cc2C)cc1F. The summed E-state index contributed by atoms with van der Waals surface area (Å²) in [5.74, 6) is 26.5. The van der Waals surface area contributed by atoms with Gasteiger partial charge in [0.05, 0.1) is 51.5 Å². The lowest BCUT2D eigenvalue weighted by atomic mass is 9.80. The van der Waals surface area contributed by atoms with Crippen LogP contribution in [-0.2, 0) is 64.0 Å². The van der Waals surface area contributed by atoms with Gasteiger partial charge in [-0.15, -0.1) is 0 Å². The largest absolute Gasteiger partial charge is 0.476 e. The molecule has 6 aromatic carbocycles. The van der Waals surface area contributed by atoms with Crippen molar-refractivity contribution < 1.29 is 51.1 Å². The molecular formula is C80H85F3O8. The molecule has 0 atom stereocenters. The summed E-state index contributed by atoms with van der Waals surface area (Å²) >= 11 is 0. The van der Waals surface area contributed by atoms with Crippen LogP contribution in [0.15, 0.2) is 154 Å². The standard InChI is InChI=1S/C40H42F2O4.C40H43FO4/c1-5-43-27-45-25-34-16-13-33(14-17-34)12-9-31-7-10-32(11-8-31)15-18-35-21-29(3)37(30(4)22-35)20-19-36-23-39(41)38(40(42)24-36)26-46-28-44-6-2;1-5-42-28-44-26-36-16-13-34(14-17-36)12-9-32-7-10-33(11-8-32)15-18-37-23-30(3)39(31(4)24-37)22-20-35-19-21-38(40(41)25-35)27-45-29-43-6-2/h5-8,10-11,21-24,33-34H,1-2,9,12-14,16-17,25-28H2,3-4H3;5-8,10-11,19,21,23-25,34,36H,1-2,9,12-14,16-17,26-29H2,3-4H3. The van der Waals surface area contributed by atoms with Gasteiger partial charge in [0.2, 0.25) is 0 Å². The van der Waals surface area contributed by atoms with Gasteiger partial charge in [-0.2, -0.15) is 0 Å². The number of benzene rings is 6. The Kier molecular flexibility index (Phi) is 29.3. The second kappa shape index (κ2) is 38.1. The maximum Gasteiger partial charge on any atom is 0.188 e. The maximum absolute atomic E-state index is 14.5. The predicted octanol–water partition coefficient (Wildman–Crippen LogP) is 17.6. The molecule has 0 bridgehead atoms. The Bertz CT molecular complexity index is 3550. The van der Waals surface area contributed by atoms with Crippen LogP contribution in [0.4, 0.5) is 13.2 Å². The summed E-state index contributed by atoms with van der Waals surface area (Å²) in [4.78, 5) is 0. The minimum absolute atomic E-state index is 0.0308. The van der Waals surface area contributed by atoms with Crippen molar-refractivity contribution >= 4 is 0 Å². The highest BCUT2D eigenvalue weighted by Crippen LogP contribution is 2.33. The van der Waals surface area contributed by atoms with Crippen LogP contribution in [0.3, 0.4) is 0 Å². The number of rotatable bonds is 26. The van der Waals surface area contributed by atoms with Crippen molar-refractivity contribution in [1.82, 2.24) is 0 Å². The quantitative estimate of drug-likeness (QED) is 0.0230. The molecule has 11 heteroatoms. The van der Waals surface area contributed by atoms with Gasteiger partial charge in [-0.25, -0.2) is 13.2 Å². The molecule has 0 unspecified atom stereocenters. The van der Waals surface area contributed by atoms with Gasteiger partial charge in [-0.1, -0.05) is 130 Å². The van der Waals surface area contributed by atoms with Crippen LogP contribution in [0, 0.1) is 116 Å². The molecule has 2 aliphatic carbocycles. The minimum atomic E-state index is -0.717. The molecule has 0 N–H and O–H groups in total. The first-order valence-corrected chi connectivity index (χ1v) is 31.3. The zero-order valence-electron chi connectivity index (χ0n) is 53.3. The van der Waals surface area contributed by atoms with Gasteiger partial charge < -0.3 is 37.9 Å². The van der Waals surface area contributed by atoms with E-state index in [0.717, 1.165) is 93.5 Å². The maximum atomic E-state index is 14.5. The Hall–Kier alpha value is -8.65. The van der Waals surface area contributed by atoms with E-state index in [1.165, 1.54) is 119 Å². The summed E-state index contributed by atoms with van der Waals surface area (Å²) in [6.07, 6.45) is 19.9. The highest BCUT2D eigenvalue weighted by atomic mass is 19.1. The molecule has 91 heavy (non-hydrogen) atoms. The molecule has 2 aliphatic rings. The van der Waals surface area contributed by atoms with E-state index in [0.29, 0.717) is 36.5 Å². The van der Waals surface area contributed by atoms with E-state index in [1.807, 2.05) is 39.8 Å². The van der Waals surface area contributed by atoms with E-state index in [2.05, 4.69) is 134 Å². The van der Waals surface area contributed by atoms with Gasteiger partial charge in [0, 0.05) is 55.6 Å². The van der Waals surface area contributed by atoms with Gasteiger partial charge in [0.1, 0.15) is 17.5 Å². The fourth-order valence-corrected chi connectivity index (χ4v) is 11.3. The molecule has 8 rings (SSSR count). The summed E-state index contributed by atoms with van der Waals surface area (Å²) in [5, 5.41) is 0. The first-order valence-electron chi connectivity index (χ1n) is 31.3. The average molecular weight is 1230 g/mol.